The van der Waals surface area contributed by atoms with Crippen molar-refractivity contribution in [3.63, 3.8) is 0 Å². The van der Waals surface area contributed by atoms with Crippen molar-refractivity contribution in [3.8, 4) is 5.75 Å². The maximum Gasteiger partial charge on any atom is 0.256 e. The summed E-state index contributed by atoms with van der Waals surface area (Å²) in [7, 11) is 1.72. The minimum Gasteiger partial charge on any atom is -0.496 e. The third kappa shape index (κ3) is 4.89. The molecule has 1 fully saturated rings. The highest BCUT2D eigenvalue weighted by molar-refractivity contribution is 6.02. The number of hydrogen-bond donors (Lipinski definition) is 0. The van der Waals surface area contributed by atoms with E-state index in [1.807, 2.05) is 24.3 Å². The summed E-state index contributed by atoms with van der Waals surface area (Å²) in [6.45, 7) is 7.78. The van der Waals surface area contributed by atoms with Gasteiger partial charge in [-0.15, -0.1) is 0 Å². The molecule has 2 aromatic rings. The normalized spacial score (nSPS) is 17.8. The highest BCUT2D eigenvalue weighted by atomic mass is 16.5. The van der Waals surface area contributed by atoms with Crippen LogP contribution in [0.25, 0.3) is 0 Å². The molecule has 0 saturated carbocycles. The first-order valence-electron chi connectivity index (χ1n) is 10.6. The molecular weight excluding hydrogens is 376 g/mol. The number of rotatable bonds is 6. The fourth-order valence-corrected chi connectivity index (χ4v) is 4.12. The largest absolute Gasteiger partial charge is 0.496 e. The third-order valence-electron chi connectivity index (χ3n) is 5.85. The molecule has 2 aliphatic heterocycles. The number of amides is 1. The molecule has 0 aromatic heterocycles. The maximum absolute atomic E-state index is 12.7. The molecule has 6 nitrogen and oxygen atoms in total. The average molecular weight is 407 g/mol. The number of carbonyl (C=O) groups is 1. The maximum atomic E-state index is 12.7. The highest BCUT2D eigenvalue weighted by Crippen LogP contribution is 2.22. The summed E-state index contributed by atoms with van der Waals surface area (Å²) in [5.74, 6) is 1.04. The van der Waals surface area contributed by atoms with Crippen LogP contribution >= 0.6 is 0 Å². The number of nitrogens with zero attached hydrogens (tertiary/aromatic N) is 4. The molecule has 0 aliphatic carbocycles. The number of piperazine rings is 1. The van der Waals surface area contributed by atoms with Crippen molar-refractivity contribution >= 4 is 11.6 Å². The Labute approximate surface area is 178 Å². The average Bonchev–Trinajstić information content (AvgIpc) is 3.27. The molecule has 4 rings (SSSR count). The number of benzene rings is 2. The summed E-state index contributed by atoms with van der Waals surface area (Å²) < 4.78 is 5.51. The van der Waals surface area contributed by atoms with Crippen LogP contribution in [-0.4, -0.2) is 72.8 Å². The Balaban J connectivity index is 1.28. The van der Waals surface area contributed by atoms with Crippen LogP contribution in [0.15, 0.2) is 53.6 Å². The van der Waals surface area contributed by atoms with E-state index in [9.17, 15) is 4.79 Å². The molecule has 2 aromatic carbocycles. The van der Waals surface area contributed by atoms with E-state index in [1.54, 1.807) is 12.1 Å². The predicted molar refractivity (Wildman–Crippen MR) is 119 cm³/mol. The topological polar surface area (TPSA) is 48.4 Å². The number of hydrazone groups is 1. The monoisotopic (exact) mass is 406 g/mol. The van der Waals surface area contributed by atoms with E-state index in [1.165, 1.54) is 11.1 Å². The summed E-state index contributed by atoms with van der Waals surface area (Å²) in [6.07, 6.45) is 0.821. The molecule has 2 heterocycles. The summed E-state index contributed by atoms with van der Waals surface area (Å²) >= 11 is 0. The van der Waals surface area contributed by atoms with Crippen LogP contribution in [0.1, 0.15) is 23.1 Å². The minimum absolute atomic E-state index is 0.0923. The molecule has 0 spiro atoms. The van der Waals surface area contributed by atoms with E-state index in [2.05, 4.69) is 46.1 Å². The molecule has 2 aliphatic rings. The number of aryl methyl sites for hydroxylation is 1. The summed E-state index contributed by atoms with van der Waals surface area (Å²) in [5.41, 5.74) is 4.58. The Morgan fingerprint density at radius 3 is 2.47 bits per heavy atom. The Morgan fingerprint density at radius 1 is 1.00 bits per heavy atom. The third-order valence-corrected chi connectivity index (χ3v) is 5.85. The molecule has 6 heteroatoms. The van der Waals surface area contributed by atoms with Crippen molar-refractivity contribution in [2.75, 3.05) is 46.4 Å². The van der Waals surface area contributed by atoms with Gasteiger partial charge in [0.2, 0.25) is 0 Å². The van der Waals surface area contributed by atoms with Crippen molar-refractivity contribution in [1.29, 1.82) is 0 Å². The van der Waals surface area contributed by atoms with Gasteiger partial charge in [-0.2, -0.15) is 5.10 Å². The lowest BCUT2D eigenvalue weighted by Crippen LogP contribution is -2.49. The summed E-state index contributed by atoms with van der Waals surface area (Å²) in [6, 6.07) is 16.4. The predicted octanol–water partition coefficient (Wildman–Crippen LogP) is 2.76. The lowest BCUT2D eigenvalue weighted by Gasteiger charge is -2.34. The van der Waals surface area contributed by atoms with Crippen LogP contribution < -0.4 is 4.74 Å². The summed E-state index contributed by atoms with van der Waals surface area (Å²) in [5, 5.41) is 6.22. The van der Waals surface area contributed by atoms with E-state index in [0.717, 1.165) is 56.2 Å². The molecule has 0 bridgehead atoms. The molecule has 158 valence electrons. The van der Waals surface area contributed by atoms with Crippen molar-refractivity contribution in [1.82, 2.24) is 14.8 Å². The van der Waals surface area contributed by atoms with E-state index >= 15 is 0 Å². The fraction of sp³-hybridized carbons (Fsp3) is 0.417. The molecular formula is C24H30N4O2. The zero-order valence-corrected chi connectivity index (χ0v) is 17.9. The number of methoxy groups -OCH3 is 1. The van der Waals surface area contributed by atoms with E-state index in [4.69, 9.17) is 4.74 Å². The summed E-state index contributed by atoms with van der Waals surface area (Å²) in [4.78, 5) is 17.4. The van der Waals surface area contributed by atoms with Crippen molar-refractivity contribution in [2.24, 2.45) is 5.10 Å². The van der Waals surface area contributed by atoms with Gasteiger partial charge in [0.25, 0.3) is 5.91 Å². The lowest BCUT2D eigenvalue weighted by molar-refractivity contribution is -0.132. The fourth-order valence-electron chi connectivity index (χ4n) is 4.12. The number of carbonyl (C=O) groups excluding carboxylic acids is 1. The van der Waals surface area contributed by atoms with Gasteiger partial charge in [0.1, 0.15) is 5.75 Å². The van der Waals surface area contributed by atoms with Gasteiger partial charge in [-0.25, -0.2) is 5.01 Å². The van der Waals surface area contributed by atoms with Crippen molar-refractivity contribution in [2.45, 2.75) is 19.9 Å². The Kier molecular flexibility index (Phi) is 6.45. The number of ether oxygens (including phenoxy) is 1. The van der Waals surface area contributed by atoms with Crippen LogP contribution in [0.2, 0.25) is 0 Å². The van der Waals surface area contributed by atoms with Gasteiger partial charge in [0, 0.05) is 44.7 Å². The first-order chi connectivity index (χ1) is 14.6. The molecule has 0 radical (unpaired) electrons. The van der Waals surface area contributed by atoms with Gasteiger partial charge < -0.3 is 4.74 Å². The Bertz CT molecular complexity index is 905. The second kappa shape index (κ2) is 9.41. The SMILES string of the molecule is COc1ccc(C)cc1CN1CCN(CC(=O)N2CCC(c3ccccc3)=N2)CC1. The van der Waals surface area contributed by atoms with Crippen molar-refractivity contribution < 1.29 is 9.53 Å². The molecule has 1 amide bonds. The first-order valence-corrected chi connectivity index (χ1v) is 10.6. The Hall–Kier alpha value is -2.70. The quantitative estimate of drug-likeness (QED) is 0.740. The minimum atomic E-state index is 0.0923. The number of hydrogen-bond acceptors (Lipinski definition) is 5. The van der Waals surface area contributed by atoms with E-state index in [0.29, 0.717) is 13.1 Å². The molecule has 30 heavy (non-hydrogen) atoms. The zero-order chi connectivity index (χ0) is 20.9. The Morgan fingerprint density at radius 2 is 1.73 bits per heavy atom. The first kappa shape index (κ1) is 20.6. The second-order valence-electron chi connectivity index (χ2n) is 8.05. The lowest BCUT2D eigenvalue weighted by atomic mass is 10.1. The van der Waals surface area contributed by atoms with Gasteiger partial charge in [0.15, 0.2) is 0 Å². The van der Waals surface area contributed by atoms with Crippen LogP contribution in [0, 0.1) is 6.92 Å². The smallest absolute Gasteiger partial charge is 0.256 e. The van der Waals surface area contributed by atoms with Gasteiger partial charge in [-0.05, 0) is 18.6 Å². The highest BCUT2D eigenvalue weighted by Gasteiger charge is 2.25. The van der Waals surface area contributed by atoms with Gasteiger partial charge in [-0.1, -0.05) is 48.0 Å². The molecule has 0 unspecified atom stereocenters. The van der Waals surface area contributed by atoms with E-state index in [-0.39, 0.29) is 5.91 Å². The molecule has 0 N–H and O–H groups in total. The molecule has 1 saturated heterocycles. The standard InChI is InChI=1S/C24H30N4O2/c1-19-8-9-23(30-2)21(16-19)17-26-12-14-27(15-13-26)18-24(29)28-11-10-22(25-28)20-6-4-3-5-7-20/h3-9,16H,10-15,17-18H2,1-2H3. The van der Waals surface area contributed by atoms with Crippen LogP contribution in [0.4, 0.5) is 0 Å². The van der Waals surface area contributed by atoms with Crippen LogP contribution in [-0.2, 0) is 11.3 Å². The zero-order valence-electron chi connectivity index (χ0n) is 17.9. The van der Waals surface area contributed by atoms with Crippen LogP contribution in [0.5, 0.6) is 5.75 Å². The van der Waals surface area contributed by atoms with Crippen LogP contribution in [0.3, 0.4) is 0 Å². The molecule has 0 atom stereocenters. The second-order valence-corrected chi connectivity index (χ2v) is 8.05. The van der Waals surface area contributed by atoms with Crippen molar-refractivity contribution in [3.05, 3.63) is 65.2 Å². The van der Waals surface area contributed by atoms with Gasteiger partial charge >= 0.3 is 0 Å². The van der Waals surface area contributed by atoms with Gasteiger partial charge in [-0.3, -0.25) is 14.6 Å². The van der Waals surface area contributed by atoms with Gasteiger partial charge in [0.05, 0.1) is 25.9 Å². The van der Waals surface area contributed by atoms with E-state index < -0.39 is 0 Å².